The van der Waals surface area contributed by atoms with Crippen LogP contribution in [0.2, 0.25) is 0 Å². The lowest BCUT2D eigenvalue weighted by molar-refractivity contribution is -0.137. The van der Waals surface area contributed by atoms with E-state index in [1.807, 2.05) is 0 Å². The third-order valence-corrected chi connectivity index (χ3v) is 6.97. The van der Waals surface area contributed by atoms with Crippen LogP contribution >= 0.6 is 0 Å². The van der Waals surface area contributed by atoms with Gasteiger partial charge in [0.25, 0.3) is 0 Å². The Morgan fingerprint density at radius 2 is 2.24 bits per heavy atom. The highest BCUT2D eigenvalue weighted by molar-refractivity contribution is 5.93. The van der Waals surface area contributed by atoms with Crippen molar-refractivity contribution < 1.29 is 9.53 Å². The van der Waals surface area contributed by atoms with Crippen LogP contribution in [0.1, 0.15) is 31.7 Å². The minimum atomic E-state index is -0.182. The predicted octanol–water partition coefficient (Wildman–Crippen LogP) is 3.22. The van der Waals surface area contributed by atoms with Crippen molar-refractivity contribution >= 4 is 11.7 Å². The normalized spacial score (nSPS) is 35.0. The first kappa shape index (κ1) is 15.2. The highest BCUT2D eigenvalue weighted by Gasteiger charge is 2.65. The van der Waals surface area contributed by atoms with Crippen LogP contribution in [0, 0.1) is 5.41 Å². The number of anilines is 1. The molecule has 4 aliphatic rings. The maximum atomic E-state index is 12.7. The molecule has 0 saturated carbocycles. The van der Waals surface area contributed by atoms with Crippen LogP contribution in [0.25, 0.3) is 0 Å². The summed E-state index contributed by atoms with van der Waals surface area (Å²) in [7, 11) is 1.49. The molecule has 25 heavy (non-hydrogen) atoms. The van der Waals surface area contributed by atoms with Crippen molar-refractivity contribution in [1.82, 2.24) is 4.90 Å². The summed E-state index contributed by atoms with van der Waals surface area (Å²) in [6.45, 7) is 4.34. The van der Waals surface area contributed by atoms with Crippen molar-refractivity contribution in [3.8, 4) is 0 Å². The molecule has 1 aromatic rings. The summed E-state index contributed by atoms with van der Waals surface area (Å²) in [4.78, 5) is 15.3. The molecule has 5 rings (SSSR count). The molecule has 0 unspecified atom stereocenters. The first-order chi connectivity index (χ1) is 12.2. The number of rotatable bonds is 2. The third kappa shape index (κ3) is 1.68. The van der Waals surface area contributed by atoms with Crippen LogP contribution in [-0.4, -0.2) is 37.1 Å². The molecule has 1 aromatic carbocycles. The summed E-state index contributed by atoms with van der Waals surface area (Å²) in [5.74, 6) is -0.182. The van der Waals surface area contributed by atoms with E-state index in [0.29, 0.717) is 6.04 Å². The van der Waals surface area contributed by atoms with E-state index >= 15 is 0 Å². The number of carbonyl (C=O) groups is 1. The molecule has 0 aromatic heterocycles. The summed E-state index contributed by atoms with van der Waals surface area (Å²) < 4.78 is 5.19. The number of carbonyl (C=O) groups excluding carboxylic acids is 1. The number of hydrogen-bond acceptors (Lipinski definition) is 4. The topological polar surface area (TPSA) is 41.6 Å². The van der Waals surface area contributed by atoms with Crippen molar-refractivity contribution in [2.24, 2.45) is 5.41 Å². The molecule has 1 fully saturated rings. The van der Waals surface area contributed by atoms with Crippen molar-refractivity contribution in [3.63, 3.8) is 0 Å². The van der Waals surface area contributed by atoms with Crippen LogP contribution in [-0.2, 0) is 14.9 Å². The van der Waals surface area contributed by atoms with Gasteiger partial charge in [0.2, 0.25) is 0 Å². The number of fused-ring (bicyclic) bond motifs is 1. The van der Waals surface area contributed by atoms with E-state index < -0.39 is 0 Å². The molecule has 1 aliphatic carbocycles. The number of esters is 1. The number of benzene rings is 1. The van der Waals surface area contributed by atoms with E-state index in [0.717, 1.165) is 49.3 Å². The summed E-state index contributed by atoms with van der Waals surface area (Å²) >= 11 is 0. The maximum absolute atomic E-state index is 12.7. The van der Waals surface area contributed by atoms with Gasteiger partial charge in [-0.25, -0.2) is 4.79 Å². The molecule has 1 N–H and O–H groups in total. The van der Waals surface area contributed by atoms with Gasteiger partial charge in [-0.05, 0) is 30.9 Å². The number of para-hydroxylation sites is 1. The number of nitrogens with one attached hydrogen (secondary N) is 1. The molecule has 3 heterocycles. The predicted molar refractivity (Wildman–Crippen MR) is 97.2 cm³/mol. The zero-order valence-electron chi connectivity index (χ0n) is 14.8. The molecule has 130 valence electrons. The largest absolute Gasteiger partial charge is 0.466 e. The highest BCUT2D eigenvalue weighted by atomic mass is 16.5. The van der Waals surface area contributed by atoms with Gasteiger partial charge in [0.1, 0.15) is 0 Å². The Morgan fingerprint density at radius 3 is 3.04 bits per heavy atom. The molecule has 4 heteroatoms. The highest BCUT2D eigenvalue weighted by Crippen LogP contribution is 2.64. The second-order valence-electron chi connectivity index (χ2n) is 7.80. The fraction of sp³-hybridized carbons (Fsp3) is 0.476. The lowest BCUT2D eigenvalue weighted by Gasteiger charge is -2.53. The number of methoxy groups -OCH3 is 1. The standard InChI is InChI=1S/C21H24N2O2/c1-3-20-9-6-11-23-12-10-21(19(20)23)15-7-4-5-8-16(15)22-17(21)14(13-20)18(24)25-2/h4-9,19,22H,3,10-13H2,1-2H3/t19-,20-,21+/m1/s1. The van der Waals surface area contributed by atoms with Crippen LogP contribution < -0.4 is 5.32 Å². The SMILES string of the molecule is CC[C@@]12C=CCN3CC[C@]4(C(=C(C(=O)OC)C1)Nc1ccccc14)[C@H]32. The summed E-state index contributed by atoms with van der Waals surface area (Å²) in [5, 5.41) is 3.62. The molecule has 4 nitrogen and oxygen atoms in total. The van der Waals surface area contributed by atoms with Gasteiger partial charge in [-0.1, -0.05) is 37.3 Å². The lowest BCUT2D eigenvalue weighted by Crippen LogP contribution is -2.58. The monoisotopic (exact) mass is 336 g/mol. The zero-order chi connectivity index (χ0) is 17.2. The van der Waals surface area contributed by atoms with Crippen molar-refractivity contribution in [2.75, 3.05) is 25.5 Å². The number of hydrogen-bond donors (Lipinski definition) is 1. The Hall–Kier alpha value is -2.07. The molecule has 0 amide bonds. The number of nitrogens with zero attached hydrogens (tertiary/aromatic N) is 1. The second-order valence-corrected chi connectivity index (χ2v) is 7.80. The Balaban J connectivity index is 1.83. The third-order valence-electron chi connectivity index (χ3n) is 6.97. The Kier molecular flexibility index (Phi) is 3.03. The van der Waals surface area contributed by atoms with Crippen molar-refractivity contribution in [2.45, 2.75) is 37.6 Å². The molecule has 1 saturated heterocycles. The van der Waals surface area contributed by atoms with Gasteiger partial charge < -0.3 is 10.1 Å². The molecule has 0 radical (unpaired) electrons. The van der Waals surface area contributed by atoms with Gasteiger partial charge in [-0.15, -0.1) is 0 Å². The minimum absolute atomic E-state index is 0.000898. The fourth-order valence-electron chi connectivity index (χ4n) is 6.02. The van der Waals surface area contributed by atoms with Gasteiger partial charge in [0.15, 0.2) is 0 Å². The van der Waals surface area contributed by atoms with Crippen molar-refractivity contribution in [3.05, 3.63) is 53.3 Å². The van der Waals surface area contributed by atoms with E-state index in [-0.39, 0.29) is 16.8 Å². The van der Waals surface area contributed by atoms with Crippen LogP contribution in [0.4, 0.5) is 5.69 Å². The van der Waals surface area contributed by atoms with E-state index in [2.05, 4.69) is 53.6 Å². The average molecular weight is 336 g/mol. The maximum Gasteiger partial charge on any atom is 0.335 e. The van der Waals surface area contributed by atoms with Crippen LogP contribution in [0.5, 0.6) is 0 Å². The van der Waals surface area contributed by atoms with Gasteiger partial charge in [-0.2, -0.15) is 0 Å². The van der Waals surface area contributed by atoms with Gasteiger partial charge in [-0.3, -0.25) is 4.90 Å². The molecular formula is C21H24N2O2. The zero-order valence-corrected chi connectivity index (χ0v) is 14.8. The van der Waals surface area contributed by atoms with E-state index in [4.69, 9.17) is 4.74 Å². The van der Waals surface area contributed by atoms with Gasteiger partial charge in [0, 0.05) is 35.9 Å². The molecule has 0 bridgehead atoms. The molecule has 3 atom stereocenters. The average Bonchev–Trinajstić information content (AvgIpc) is 3.21. The smallest absolute Gasteiger partial charge is 0.335 e. The van der Waals surface area contributed by atoms with Gasteiger partial charge >= 0.3 is 5.97 Å². The summed E-state index contributed by atoms with van der Waals surface area (Å²) in [5.41, 5.74) is 4.34. The fourth-order valence-corrected chi connectivity index (χ4v) is 6.02. The molecular weight excluding hydrogens is 312 g/mol. The lowest BCUT2D eigenvalue weighted by atomic mass is 9.55. The summed E-state index contributed by atoms with van der Waals surface area (Å²) in [6.07, 6.45) is 7.53. The number of ether oxygens (including phenoxy) is 1. The van der Waals surface area contributed by atoms with Crippen molar-refractivity contribution in [1.29, 1.82) is 0 Å². The van der Waals surface area contributed by atoms with E-state index in [9.17, 15) is 4.79 Å². The second kappa shape index (κ2) is 4.98. The molecule has 1 spiro atoms. The molecule has 3 aliphatic heterocycles. The Labute approximate surface area is 148 Å². The van der Waals surface area contributed by atoms with Crippen LogP contribution in [0.3, 0.4) is 0 Å². The quantitative estimate of drug-likeness (QED) is 0.665. The Morgan fingerprint density at radius 1 is 1.40 bits per heavy atom. The minimum Gasteiger partial charge on any atom is -0.466 e. The van der Waals surface area contributed by atoms with E-state index in [1.165, 1.54) is 12.7 Å². The van der Waals surface area contributed by atoms with Crippen LogP contribution in [0.15, 0.2) is 47.7 Å². The first-order valence-electron chi connectivity index (χ1n) is 9.26. The van der Waals surface area contributed by atoms with Gasteiger partial charge in [0.05, 0.1) is 18.1 Å². The van der Waals surface area contributed by atoms with E-state index in [1.54, 1.807) is 0 Å². The Bertz CT molecular complexity index is 827. The first-order valence-corrected chi connectivity index (χ1v) is 9.26. The summed E-state index contributed by atoms with van der Waals surface area (Å²) in [6, 6.07) is 8.99.